The first-order valence-electron chi connectivity index (χ1n) is 19.0. The van der Waals surface area contributed by atoms with Crippen LogP contribution >= 0.6 is 0 Å². The Hall–Kier alpha value is -4.08. The minimum absolute atomic E-state index is 0.176. The Morgan fingerprint density at radius 2 is 0.696 bits per heavy atom. The van der Waals surface area contributed by atoms with Gasteiger partial charge < -0.3 is 70.6 Å². The van der Waals surface area contributed by atoms with E-state index < -0.39 is 35.2 Å². The third-order valence-corrected chi connectivity index (χ3v) is 6.64. The minimum atomic E-state index is -0.573. The molecule has 0 saturated carbocycles. The van der Waals surface area contributed by atoms with Crippen molar-refractivity contribution >= 4 is 35.6 Å². The van der Waals surface area contributed by atoms with Crippen LogP contribution in [0.2, 0.25) is 0 Å². The molecule has 0 saturated heterocycles. The van der Waals surface area contributed by atoms with Crippen molar-refractivity contribution in [3.63, 3.8) is 0 Å². The minimum Gasteiger partial charge on any atom is -0.444 e. The summed E-state index contributed by atoms with van der Waals surface area (Å²) in [4.78, 5) is 56.3. The largest absolute Gasteiger partial charge is 0.444 e. The van der Waals surface area contributed by atoms with Crippen LogP contribution in [0.5, 0.6) is 0 Å². The van der Waals surface area contributed by atoms with Crippen molar-refractivity contribution in [3.8, 4) is 0 Å². The van der Waals surface area contributed by atoms with Crippen LogP contribution in [0.1, 0.15) is 88.2 Å². The molecule has 0 aliphatic heterocycles. The summed E-state index contributed by atoms with van der Waals surface area (Å²) in [6, 6.07) is 0. The smallest absolute Gasteiger partial charge is 0.407 e. The van der Waals surface area contributed by atoms with E-state index in [-0.39, 0.29) is 23.0 Å². The quantitative estimate of drug-likeness (QED) is 0.0606. The van der Waals surface area contributed by atoms with E-state index in [1.165, 1.54) is 0 Å². The first-order chi connectivity index (χ1) is 26.6. The maximum absolute atomic E-state index is 12.6. The average molecular weight is 803 g/mol. The highest BCUT2D eigenvalue weighted by Gasteiger charge is 2.20. The molecule has 0 aromatic carbocycles. The van der Waals surface area contributed by atoms with E-state index in [1.54, 1.807) is 0 Å². The zero-order valence-electron chi connectivity index (χ0n) is 34.1. The zero-order valence-corrected chi connectivity index (χ0v) is 34.1. The lowest BCUT2D eigenvalue weighted by atomic mass is 10.2. The molecule has 20 nitrogen and oxygen atoms in total. The van der Waals surface area contributed by atoms with Gasteiger partial charge in [-0.15, -0.1) is 0 Å². The molecule has 0 spiro atoms. The number of nitrogen functional groups attached to an aromatic ring is 2. The standard InChI is InChI=1S/C36H66N8O12/c1-35(2,3)55-33(47)41-13-9-17-51-21-25-53-23-19-49-15-7-11-39-31(45)27-29(37)44-28(30(38)43-27)32(46)40-12-8-16-50-20-24-54-26-22-52-18-10-14-42-34(48)56-36(4,5)6/h7-26H2,1-6H3,(H2,38,43)(H2,37,44)(H,39,45)(H,40,46)(H,41,47)(H,42,48). The van der Waals surface area contributed by atoms with Gasteiger partial charge in [0.2, 0.25) is 0 Å². The van der Waals surface area contributed by atoms with Crippen LogP contribution in [0.3, 0.4) is 0 Å². The van der Waals surface area contributed by atoms with Gasteiger partial charge in [-0.2, -0.15) is 0 Å². The number of carbonyl (C=O) groups excluding carboxylic acids is 4. The van der Waals surface area contributed by atoms with E-state index in [0.29, 0.717) is 131 Å². The lowest BCUT2D eigenvalue weighted by molar-refractivity contribution is 0.0135. The third kappa shape index (κ3) is 27.5. The Kier molecular flexibility index (Phi) is 26.0. The third-order valence-electron chi connectivity index (χ3n) is 6.64. The van der Waals surface area contributed by atoms with Crippen LogP contribution in [0.15, 0.2) is 0 Å². The number of nitrogens with two attached hydrogens (primary N) is 2. The van der Waals surface area contributed by atoms with Gasteiger partial charge in [0.05, 0.1) is 52.9 Å². The van der Waals surface area contributed by atoms with Gasteiger partial charge in [0.15, 0.2) is 23.0 Å². The van der Waals surface area contributed by atoms with Gasteiger partial charge in [0.25, 0.3) is 11.8 Å². The molecule has 8 N–H and O–H groups in total. The molecule has 56 heavy (non-hydrogen) atoms. The van der Waals surface area contributed by atoms with Gasteiger partial charge in [-0.05, 0) is 67.2 Å². The number of nitrogens with zero attached hydrogens (tertiary/aromatic N) is 2. The van der Waals surface area contributed by atoms with Crippen molar-refractivity contribution in [1.82, 2.24) is 31.2 Å². The van der Waals surface area contributed by atoms with Gasteiger partial charge >= 0.3 is 12.2 Å². The van der Waals surface area contributed by atoms with Crippen LogP contribution in [0.25, 0.3) is 0 Å². The van der Waals surface area contributed by atoms with Crippen molar-refractivity contribution < 1.29 is 57.1 Å². The number of nitrogens with one attached hydrogen (secondary N) is 4. The van der Waals surface area contributed by atoms with Gasteiger partial charge in [-0.25, -0.2) is 19.6 Å². The zero-order chi connectivity index (χ0) is 41.7. The summed E-state index contributed by atoms with van der Waals surface area (Å²) in [6.07, 6.45) is 1.48. The van der Waals surface area contributed by atoms with Crippen molar-refractivity contribution in [2.75, 3.05) is 117 Å². The van der Waals surface area contributed by atoms with Crippen molar-refractivity contribution in [2.45, 2.75) is 78.4 Å². The highest BCUT2D eigenvalue weighted by Crippen LogP contribution is 2.13. The SMILES string of the molecule is CC(C)(C)OC(=O)NCCCOCCOCCOCCCNC(=O)c1nc(N)c(C(=O)NCCCOCCOCCOCCCNC(=O)OC(C)(C)C)nc1N. The van der Waals surface area contributed by atoms with Crippen LogP contribution in [0, 0.1) is 0 Å². The number of aromatic nitrogens is 2. The maximum Gasteiger partial charge on any atom is 0.407 e. The Labute approximate surface area is 330 Å². The van der Waals surface area contributed by atoms with Gasteiger partial charge in [0.1, 0.15) is 11.2 Å². The number of ether oxygens (including phenoxy) is 8. The summed E-state index contributed by atoms with van der Waals surface area (Å²) in [5.41, 5.74) is 10.4. The highest BCUT2D eigenvalue weighted by molar-refractivity contribution is 6.00. The molecular weight excluding hydrogens is 736 g/mol. The fourth-order valence-electron chi connectivity index (χ4n) is 4.16. The molecular formula is C36H66N8O12. The van der Waals surface area contributed by atoms with Crippen molar-refractivity contribution in [3.05, 3.63) is 11.4 Å². The monoisotopic (exact) mass is 802 g/mol. The van der Waals surface area contributed by atoms with Gasteiger partial charge in [-0.3, -0.25) is 9.59 Å². The van der Waals surface area contributed by atoms with Crippen LogP contribution in [0.4, 0.5) is 21.2 Å². The molecule has 20 heteroatoms. The number of amides is 4. The number of anilines is 2. The van der Waals surface area contributed by atoms with Crippen LogP contribution < -0.4 is 32.7 Å². The molecule has 0 unspecified atom stereocenters. The average Bonchev–Trinajstić information content (AvgIpc) is 3.10. The van der Waals surface area contributed by atoms with Crippen LogP contribution in [-0.4, -0.2) is 151 Å². The fraction of sp³-hybridized carbons (Fsp3) is 0.778. The first kappa shape index (κ1) is 49.9. The Bertz CT molecular complexity index is 1180. The summed E-state index contributed by atoms with van der Waals surface area (Å²) in [5.74, 6) is -1.59. The Morgan fingerprint density at radius 1 is 0.446 bits per heavy atom. The summed E-state index contributed by atoms with van der Waals surface area (Å²) in [7, 11) is 0. The second kappa shape index (κ2) is 29.2. The number of hydrogen-bond donors (Lipinski definition) is 6. The Balaban J connectivity index is 2.04. The summed E-state index contributed by atoms with van der Waals surface area (Å²) in [5, 5.41) is 10.7. The molecule has 0 radical (unpaired) electrons. The second-order valence-corrected chi connectivity index (χ2v) is 14.1. The predicted octanol–water partition coefficient (Wildman–Crippen LogP) is 1.81. The van der Waals surface area contributed by atoms with Gasteiger partial charge in [-0.1, -0.05) is 0 Å². The molecule has 0 aliphatic carbocycles. The molecule has 0 fully saturated rings. The number of alkyl carbamates (subject to hydrolysis) is 2. The van der Waals surface area contributed by atoms with E-state index in [2.05, 4.69) is 31.2 Å². The van der Waals surface area contributed by atoms with Gasteiger partial charge in [0, 0.05) is 52.6 Å². The van der Waals surface area contributed by atoms with Crippen molar-refractivity contribution in [2.24, 2.45) is 0 Å². The van der Waals surface area contributed by atoms with Crippen molar-refractivity contribution in [1.29, 1.82) is 0 Å². The summed E-state index contributed by atoms with van der Waals surface area (Å²) < 4.78 is 43.2. The molecule has 1 heterocycles. The molecule has 4 amide bonds. The lowest BCUT2D eigenvalue weighted by Crippen LogP contribution is -2.33. The summed E-state index contributed by atoms with van der Waals surface area (Å²) >= 11 is 0. The molecule has 0 aliphatic rings. The maximum atomic E-state index is 12.6. The molecule has 322 valence electrons. The van der Waals surface area contributed by atoms with Crippen LogP contribution in [-0.2, 0) is 37.9 Å². The normalized spacial score (nSPS) is 11.5. The fourth-order valence-corrected chi connectivity index (χ4v) is 4.16. The summed E-state index contributed by atoms with van der Waals surface area (Å²) in [6.45, 7) is 17.3. The molecule has 0 bridgehead atoms. The molecule has 1 aromatic heterocycles. The van der Waals surface area contributed by atoms with E-state index in [9.17, 15) is 19.2 Å². The number of hydrogen-bond acceptors (Lipinski definition) is 16. The van der Waals surface area contributed by atoms with E-state index in [4.69, 9.17) is 49.4 Å². The first-order valence-corrected chi connectivity index (χ1v) is 19.0. The molecule has 1 rings (SSSR count). The van der Waals surface area contributed by atoms with E-state index in [0.717, 1.165) is 0 Å². The number of carbonyl (C=O) groups is 4. The number of rotatable bonds is 30. The topological polar surface area (TPSA) is 268 Å². The molecule has 1 aromatic rings. The highest BCUT2D eigenvalue weighted by atomic mass is 16.6. The lowest BCUT2D eigenvalue weighted by Gasteiger charge is -2.19. The second-order valence-electron chi connectivity index (χ2n) is 14.1. The van der Waals surface area contributed by atoms with E-state index >= 15 is 0 Å². The van der Waals surface area contributed by atoms with E-state index in [1.807, 2.05) is 41.5 Å². The Morgan fingerprint density at radius 3 is 0.964 bits per heavy atom. The molecule has 0 atom stereocenters. The predicted molar refractivity (Wildman–Crippen MR) is 207 cm³/mol.